The van der Waals surface area contributed by atoms with Crippen molar-refractivity contribution in [1.29, 1.82) is 0 Å². The van der Waals surface area contributed by atoms with Gasteiger partial charge < -0.3 is 5.11 Å². The number of nitrogens with zero attached hydrogens (tertiary/aromatic N) is 1. The van der Waals surface area contributed by atoms with Crippen molar-refractivity contribution in [1.82, 2.24) is 4.90 Å². The fourth-order valence-electron chi connectivity index (χ4n) is 2.65. The van der Waals surface area contributed by atoms with E-state index in [1.165, 1.54) is 12.1 Å². The van der Waals surface area contributed by atoms with Crippen LogP contribution in [0.25, 0.3) is 0 Å². The lowest BCUT2D eigenvalue weighted by atomic mass is 9.87. The quantitative estimate of drug-likeness (QED) is 0.926. The third-order valence-corrected chi connectivity index (χ3v) is 4.48. The summed E-state index contributed by atoms with van der Waals surface area (Å²) in [7, 11) is 0. The van der Waals surface area contributed by atoms with Crippen LogP contribution in [0.1, 0.15) is 18.9 Å². The molecule has 1 aliphatic rings. The van der Waals surface area contributed by atoms with Crippen molar-refractivity contribution in [2.24, 2.45) is 11.8 Å². The molecule has 0 bridgehead atoms. The first-order valence-electron chi connectivity index (χ1n) is 6.36. The minimum Gasteiger partial charge on any atom is -0.481 e. The zero-order valence-electron chi connectivity index (χ0n) is 10.8. The number of benzene rings is 1. The largest absolute Gasteiger partial charge is 0.481 e. The van der Waals surface area contributed by atoms with Crippen LogP contribution in [-0.4, -0.2) is 29.1 Å². The monoisotopic (exact) mass is 329 g/mol. The van der Waals surface area contributed by atoms with Gasteiger partial charge in [-0.1, -0.05) is 22.9 Å². The highest BCUT2D eigenvalue weighted by Gasteiger charge is 2.31. The van der Waals surface area contributed by atoms with Crippen molar-refractivity contribution in [3.8, 4) is 0 Å². The molecular weight excluding hydrogens is 313 g/mol. The number of rotatable bonds is 3. The van der Waals surface area contributed by atoms with Crippen LogP contribution in [0, 0.1) is 17.7 Å². The number of carboxylic acid groups (broad SMARTS) is 1. The topological polar surface area (TPSA) is 40.5 Å². The fourth-order valence-corrected chi connectivity index (χ4v) is 3.02. The van der Waals surface area contributed by atoms with Gasteiger partial charge in [0.2, 0.25) is 0 Å². The summed E-state index contributed by atoms with van der Waals surface area (Å²) in [6.45, 7) is 4.09. The summed E-state index contributed by atoms with van der Waals surface area (Å²) in [5.41, 5.74) is 0.904. The van der Waals surface area contributed by atoms with E-state index < -0.39 is 5.97 Å². The number of carbonyl (C=O) groups is 1. The first-order chi connectivity index (χ1) is 8.97. The second kappa shape index (κ2) is 6.01. The van der Waals surface area contributed by atoms with Crippen molar-refractivity contribution >= 4 is 21.9 Å². The summed E-state index contributed by atoms with van der Waals surface area (Å²) >= 11 is 3.42. The Labute approximate surface area is 120 Å². The maximum absolute atomic E-state index is 13.2. The highest BCUT2D eigenvalue weighted by molar-refractivity contribution is 9.10. The van der Waals surface area contributed by atoms with E-state index in [-0.39, 0.29) is 17.7 Å². The van der Waals surface area contributed by atoms with Crippen LogP contribution in [-0.2, 0) is 11.3 Å². The SMILES string of the molecule is CC1CN(Cc2cc(F)ccc2Br)CCC1C(=O)O. The second-order valence-electron chi connectivity index (χ2n) is 5.18. The third-order valence-electron chi connectivity index (χ3n) is 3.71. The number of hydrogen-bond donors (Lipinski definition) is 1. The van der Waals surface area contributed by atoms with E-state index in [0.29, 0.717) is 13.0 Å². The summed E-state index contributed by atoms with van der Waals surface area (Å²) in [6.07, 6.45) is 0.656. The van der Waals surface area contributed by atoms with Crippen molar-refractivity contribution in [3.05, 3.63) is 34.1 Å². The molecule has 1 N–H and O–H groups in total. The van der Waals surface area contributed by atoms with E-state index in [1.54, 1.807) is 6.07 Å². The minimum atomic E-state index is -0.709. The zero-order chi connectivity index (χ0) is 14.0. The molecule has 1 aromatic carbocycles. The first kappa shape index (κ1) is 14.5. The lowest BCUT2D eigenvalue weighted by Gasteiger charge is -2.35. The summed E-state index contributed by atoms with van der Waals surface area (Å²) < 4.78 is 14.1. The predicted octanol–water partition coefficient (Wildman–Crippen LogP) is 3.13. The molecule has 0 spiro atoms. The number of aliphatic carboxylic acids is 1. The predicted molar refractivity (Wildman–Crippen MR) is 74.3 cm³/mol. The van der Waals surface area contributed by atoms with Gasteiger partial charge in [-0.25, -0.2) is 4.39 Å². The lowest BCUT2D eigenvalue weighted by Crippen LogP contribution is -2.41. The molecule has 0 saturated carbocycles. The zero-order valence-corrected chi connectivity index (χ0v) is 12.4. The molecule has 2 atom stereocenters. The summed E-state index contributed by atoms with van der Waals surface area (Å²) in [5, 5.41) is 9.09. The van der Waals surface area contributed by atoms with Crippen LogP contribution in [0.2, 0.25) is 0 Å². The van der Waals surface area contributed by atoms with Gasteiger partial charge in [0.05, 0.1) is 5.92 Å². The van der Waals surface area contributed by atoms with Gasteiger partial charge in [-0.2, -0.15) is 0 Å². The molecule has 1 heterocycles. The van der Waals surface area contributed by atoms with Crippen LogP contribution in [0.5, 0.6) is 0 Å². The van der Waals surface area contributed by atoms with Gasteiger partial charge in [-0.15, -0.1) is 0 Å². The molecule has 104 valence electrons. The van der Waals surface area contributed by atoms with Gasteiger partial charge in [0.15, 0.2) is 0 Å². The summed E-state index contributed by atoms with van der Waals surface area (Å²) in [6, 6.07) is 4.66. The van der Waals surface area contributed by atoms with Crippen molar-refractivity contribution in [3.63, 3.8) is 0 Å². The van der Waals surface area contributed by atoms with E-state index in [2.05, 4.69) is 20.8 Å². The van der Waals surface area contributed by atoms with Crippen LogP contribution < -0.4 is 0 Å². The molecule has 1 aromatic rings. The summed E-state index contributed by atoms with van der Waals surface area (Å²) in [4.78, 5) is 13.2. The molecular formula is C14H17BrFNO2. The van der Waals surface area contributed by atoms with E-state index >= 15 is 0 Å². The van der Waals surface area contributed by atoms with E-state index in [4.69, 9.17) is 5.11 Å². The second-order valence-corrected chi connectivity index (χ2v) is 6.04. The van der Waals surface area contributed by atoms with Crippen molar-refractivity contribution in [2.45, 2.75) is 19.9 Å². The maximum atomic E-state index is 13.2. The normalized spacial score (nSPS) is 24.4. The molecule has 0 amide bonds. The van der Waals surface area contributed by atoms with Crippen LogP contribution in [0.15, 0.2) is 22.7 Å². The Kier molecular flexibility index (Phi) is 4.58. The molecule has 19 heavy (non-hydrogen) atoms. The van der Waals surface area contributed by atoms with E-state index in [9.17, 15) is 9.18 Å². The van der Waals surface area contributed by atoms with Crippen LogP contribution >= 0.6 is 15.9 Å². The third kappa shape index (κ3) is 3.54. The Hall–Kier alpha value is -0.940. The number of piperidine rings is 1. The maximum Gasteiger partial charge on any atom is 0.306 e. The summed E-state index contributed by atoms with van der Waals surface area (Å²) in [5.74, 6) is -1.09. The number of likely N-dealkylation sites (tertiary alicyclic amines) is 1. The molecule has 1 aliphatic heterocycles. The van der Waals surface area contributed by atoms with Crippen molar-refractivity contribution < 1.29 is 14.3 Å². The molecule has 2 unspecified atom stereocenters. The average molecular weight is 330 g/mol. The fraction of sp³-hybridized carbons (Fsp3) is 0.500. The van der Waals surface area contributed by atoms with Crippen molar-refractivity contribution in [2.75, 3.05) is 13.1 Å². The van der Waals surface area contributed by atoms with Gasteiger partial charge in [0, 0.05) is 17.6 Å². The highest BCUT2D eigenvalue weighted by Crippen LogP contribution is 2.26. The Bertz CT molecular complexity index is 481. The van der Waals surface area contributed by atoms with Gasteiger partial charge in [0.25, 0.3) is 0 Å². The van der Waals surface area contributed by atoms with Gasteiger partial charge in [-0.05, 0) is 42.6 Å². The molecule has 5 heteroatoms. The minimum absolute atomic E-state index is 0.124. The molecule has 1 saturated heterocycles. The Morgan fingerprint density at radius 1 is 1.58 bits per heavy atom. The van der Waals surface area contributed by atoms with E-state index in [1.807, 2.05) is 6.92 Å². The molecule has 0 aliphatic carbocycles. The van der Waals surface area contributed by atoms with Crippen LogP contribution in [0.4, 0.5) is 4.39 Å². The average Bonchev–Trinajstić information content (AvgIpc) is 2.33. The number of hydrogen-bond acceptors (Lipinski definition) is 2. The Morgan fingerprint density at radius 3 is 2.95 bits per heavy atom. The van der Waals surface area contributed by atoms with Gasteiger partial charge in [-0.3, -0.25) is 9.69 Å². The number of halogens is 2. The lowest BCUT2D eigenvalue weighted by molar-refractivity contribution is -0.145. The highest BCUT2D eigenvalue weighted by atomic mass is 79.9. The standard InChI is InChI=1S/C14H17BrFNO2/c1-9-7-17(5-4-12(9)14(18)19)8-10-6-11(16)2-3-13(10)15/h2-3,6,9,12H,4-5,7-8H2,1H3,(H,18,19). The number of carboxylic acids is 1. The van der Waals surface area contributed by atoms with Crippen LogP contribution in [0.3, 0.4) is 0 Å². The Balaban J connectivity index is 2.02. The molecule has 3 nitrogen and oxygen atoms in total. The molecule has 0 aromatic heterocycles. The first-order valence-corrected chi connectivity index (χ1v) is 7.15. The molecule has 1 fully saturated rings. The van der Waals surface area contributed by atoms with Gasteiger partial charge in [0.1, 0.15) is 5.82 Å². The van der Waals surface area contributed by atoms with E-state index in [0.717, 1.165) is 23.1 Å². The van der Waals surface area contributed by atoms with Gasteiger partial charge >= 0.3 is 5.97 Å². The molecule has 2 rings (SSSR count). The Morgan fingerprint density at radius 2 is 2.32 bits per heavy atom. The smallest absolute Gasteiger partial charge is 0.306 e. The molecule has 0 radical (unpaired) electrons.